The highest BCUT2D eigenvalue weighted by Gasteiger charge is 2.30. The summed E-state index contributed by atoms with van der Waals surface area (Å²) in [5, 5.41) is 21.7. The highest BCUT2D eigenvalue weighted by atomic mass is 35.5. The van der Waals surface area contributed by atoms with Crippen LogP contribution < -0.4 is 10.6 Å². The van der Waals surface area contributed by atoms with Gasteiger partial charge in [0.1, 0.15) is 5.69 Å². The Morgan fingerprint density at radius 2 is 2.00 bits per heavy atom. The lowest BCUT2D eigenvalue weighted by molar-refractivity contribution is 0.0936. The van der Waals surface area contributed by atoms with E-state index in [1.807, 2.05) is 13.0 Å². The first-order chi connectivity index (χ1) is 15.4. The maximum absolute atomic E-state index is 12.6. The molecule has 8 nitrogen and oxygen atoms in total. The maximum Gasteiger partial charge on any atom is 0.273 e. The molecule has 1 saturated carbocycles. The lowest BCUT2D eigenvalue weighted by atomic mass is 10.1. The van der Waals surface area contributed by atoms with Crippen molar-refractivity contribution in [3.63, 3.8) is 0 Å². The summed E-state index contributed by atoms with van der Waals surface area (Å²) in [6, 6.07) is 9.90. The number of carbonyl (C=O) groups excluding carboxylic acids is 2. The number of halogens is 2. The Labute approximate surface area is 195 Å². The summed E-state index contributed by atoms with van der Waals surface area (Å²) < 4.78 is 0. The van der Waals surface area contributed by atoms with Gasteiger partial charge in [-0.05, 0) is 56.0 Å². The zero-order chi connectivity index (χ0) is 23.1. The van der Waals surface area contributed by atoms with Crippen LogP contribution in [0.5, 0.6) is 0 Å². The monoisotopic (exact) mass is 470 g/mol. The van der Waals surface area contributed by atoms with Gasteiger partial charge in [-0.25, -0.2) is 0 Å². The second-order valence-corrected chi connectivity index (χ2v) is 8.03. The van der Waals surface area contributed by atoms with Gasteiger partial charge in [0, 0.05) is 24.6 Å². The molecular formula is C22H20Cl2N6O2. The third kappa shape index (κ3) is 6.30. The van der Waals surface area contributed by atoms with Crippen LogP contribution in [0.4, 0.5) is 5.69 Å². The molecule has 1 aliphatic carbocycles. The van der Waals surface area contributed by atoms with Crippen LogP contribution >= 0.6 is 23.2 Å². The summed E-state index contributed by atoms with van der Waals surface area (Å²) >= 11 is 11.7. The van der Waals surface area contributed by atoms with Gasteiger partial charge in [0.25, 0.3) is 11.8 Å². The van der Waals surface area contributed by atoms with Crippen LogP contribution in [0.3, 0.4) is 0 Å². The molecule has 2 amide bonds. The number of nitrogens with zero attached hydrogens (tertiary/aromatic N) is 3. The number of H-pyrrole nitrogens is 1. The first-order valence-electron chi connectivity index (χ1n) is 9.79. The van der Waals surface area contributed by atoms with Crippen LogP contribution in [0, 0.1) is 17.2 Å². The fourth-order valence-electron chi connectivity index (χ4n) is 2.88. The van der Waals surface area contributed by atoms with Gasteiger partial charge in [0.15, 0.2) is 0 Å². The maximum atomic E-state index is 12.6. The van der Waals surface area contributed by atoms with E-state index in [0.29, 0.717) is 10.9 Å². The van der Waals surface area contributed by atoms with Crippen LogP contribution in [-0.4, -0.2) is 33.0 Å². The summed E-state index contributed by atoms with van der Waals surface area (Å²) in [5.41, 5.74) is 0.803. The highest BCUT2D eigenvalue weighted by molar-refractivity contribution is 6.35. The minimum absolute atomic E-state index is 0.0215. The summed E-state index contributed by atoms with van der Waals surface area (Å²) in [7, 11) is 0. The molecule has 0 aliphatic heterocycles. The summed E-state index contributed by atoms with van der Waals surface area (Å²) in [5.74, 6) is -0.381. The van der Waals surface area contributed by atoms with E-state index in [-0.39, 0.29) is 39.5 Å². The van der Waals surface area contributed by atoms with E-state index in [1.165, 1.54) is 24.4 Å². The Morgan fingerprint density at radius 3 is 2.53 bits per heavy atom. The van der Waals surface area contributed by atoms with Crippen LogP contribution in [-0.2, 0) is 0 Å². The quantitative estimate of drug-likeness (QED) is 0.507. The number of nitriles is 1. The fourth-order valence-corrected chi connectivity index (χ4v) is 3.28. The van der Waals surface area contributed by atoms with Crippen molar-refractivity contribution in [1.29, 1.82) is 5.26 Å². The molecule has 0 bridgehead atoms. The van der Waals surface area contributed by atoms with E-state index in [2.05, 4.69) is 25.8 Å². The van der Waals surface area contributed by atoms with Crippen molar-refractivity contribution in [2.45, 2.75) is 25.8 Å². The molecule has 0 spiro atoms. The third-order valence-electron chi connectivity index (χ3n) is 4.76. The molecule has 1 aliphatic rings. The molecule has 164 valence electrons. The first kappa shape index (κ1) is 23.3. The summed E-state index contributed by atoms with van der Waals surface area (Å²) in [6.07, 6.45) is 6.90. The fraction of sp³-hybridized carbons (Fsp3) is 0.227. The van der Waals surface area contributed by atoms with E-state index >= 15 is 0 Å². The molecule has 32 heavy (non-hydrogen) atoms. The van der Waals surface area contributed by atoms with Crippen molar-refractivity contribution in [2.75, 3.05) is 5.32 Å². The molecule has 2 aromatic heterocycles. The van der Waals surface area contributed by atoms with Crippen LogP contribution in [0.15, 0.2) is 48.9 Å². The largest absolute Gasteiger partial charge is 0.349 e. The number of pyridine rings is 1. The number of carbonyl (C=O) groups is 2. The molecular weight excluding hydrogens is 451 g/mol. The van der Waals surface area contributed by atoms with Gasteiger partial charge in [0.2, 0.25) is 0 Å². The molecule has 4 rings (SSSR count). The number of anilines is 1. The van der Waals surface area contributed by atoms with E-state index in [9.17, 15) is 9.59 Å². The first-order valence-corrected chi connectivity index (χ1v) is 10.6. The van der Waals surface area contributed by atoms with Gasteiger partial charge in [-0.1, -0.05) is 23.2 Å². The van der Waals surface area contributed by atoms with Crippen molar-refractivity contribution in [3.8, 4) is 6.07 Å². The lowest BCUT2D eigenvalue weighted by Crippen LogP contribution is -2.34. The predicted octanol–water partition coefficient (Wildman–Crippen LogP) is 4.45. The Bertz CT molecular complexity index is 1130. The SMILES string of the molecule is CC(NC(=O)c1cc(C#N)cc(Cl)c1NC(=O)c1ccn[nH]1)C1CC1.Clc1cccnc1. The number of aromatic nitrogens is 3. The predicted molar refractivity (Wildman–Crippen MR) is 122 cm³/mol. The number of amides is 2. The topological polar surface area (TPSA) is 124 Å². The number of hydrogen-bond acceptors (Lipinski definition) is 5. The highest BCUT2D eigenvalue weighted by Crippen LogP contribution is 2.33. The standard InChI is InChI=1S/C17H16ClN5O2.C5H4ClN/c1-9(11-2-3-11)21-16(24)12-6-10(8-19)7-13(18)15(12)22-17(25)14-4-5-20-23-14;6-5-2-1-3-7-4-5/h4-7,9,11H,2-3H2,1H3,(H,20,23)(H,21,24)(H,22,25);1-4H. The van der Waals surface area contributed by atoms with Gasteiger partial charge in [-0.15, -0.1) is 0 Å². The van der Waals surface area contributed by atoms with Gasteiger partial charge in [-0.2, -0.15) is 10.4 Å². The van der Waals surface area contributed by atoms with Crippen LogP contribution in [0.25, 0.3) is 0 Å². The zero-order valence-corrected chi connectivity index (χ0v) is 18.6. The molecule has 1 fully saturated rings. The number of nitrogens with one attached hydrogen (secondary N) is 3. The summed E-state index contributed by atoms with van der Waals surface area (Å²) in [4.78, 5) is 28.7. The lowest BCUT2D eigenvalue weighted by Gasteiger charge is -2.16. The zero-order valence-electron chi connectivity index (χ0n) is 17.1. The van der Waals surface area contributed by atoms with Crippen molar-refractivity contribution < 1.29 is 9.59 Å². The molecule has 2 heterocycles. The van der Waals surface area contributed by atoms with E-state index in [1.54, 1.807) is 24.5 Å². The molecule has 1 unspecified atom stereocenters. The Morgan fingerprint density at radius 1 is 1.22 bits per heavy atom. The Hall–Kier alpha value is -3.41. The molecule has 10 heteroatoms. The Balaban J connectivity index is 0.000000352. The average molecular weight is 471 g/mol. The van der Waals surface area contributed by atoms with Crippen molar-refractivity contribution in [3.05, 3.63) is 75.8 Å². The van der Waals surface area contributed by atoms with E-state index < -0.39 is 5.91 Å². The van der Waals surface area contributed by atoms with Gasteiger partial charge >= 0.3 is 0 Å². The molecule has 3 aromatic rings. The van der Waals surface area contributed by atoms with Crippen molar-refractivity contribution in [2.24, 2.45) is 5.92 Å². The number of benzene rings is 1. The van der Waals surface area contributed by atoms with Gasteiger partial charge in [0.05, 0.1) is 32.9 Å². The van der Waals surface area contributed by atoms with Crippen LogP contribution in [0.2, 0.25) is 10.0 Å². The van der Waals surface area contributed by atoms with Crippen molar-refractivity contribution >= 4 is 40.7 Å². The average Bonchev–Trinajstić information content (AvgIpc) is 3.49. The van der Waals surface area contributed by atoms with E-state index in [4.69, 9.17) is 28.5 Å². The van der Waals surface area contributed by atoms with E-state index in [0.717, 1.165) is 12.8 Å². The molecule has 3 N–H and O–H groups in total. The molecule has 1 aromatic carbocycles. The number of hydrogen-bond donors (Lipinski definition) is 3. The second-order valence-electron chi connectivity index (χ2n) is 7.19. The van der Waals surface area contributed by atoms with Gasteiger partial charge in [-0.3, -0.25) is 19.7 Å². The smallest absolute Gasteiger partial charge is 0.273 e. The van der Waals surface area contributed by atoms with Crippen molar-refractivity contribution in [1.82, 2.24) is 20.5 Å². The van der Waals surface area contributed by atoms with Gasteiger partial charge < -0.3 is 10.6 Å². The Kier molecular flexibility index (Phi) is 7.82. The second kappa shape index (κ2) is 10.8. The summed E-state index contributed by atoms with van der Waals surface area (Å²) in [6.45, 7) is 1.94. The minimum atomic E-state index is -0.478. The third-order valence-corrected chi connectivity index (χ3v) is 5.28. The number of aromatic amines is 1. The molecule has 0 radical (unpaired) electrons. The normalized spacial score (nSPS) is 13.2. The molecule has 0 saturated heterocycles. The minimum Gasteiger partial charge on any atom is -0.349 e. The number of rotatable bonds is 5. The molecule has 1 atom stereocenters. The van der Waals surface area contributed by atoms with Crippen LogP contribution in [0.1, 0.15) is 46.2 Å².